The van der Waals surface area contributed by atoms with Crippen molar-refractivity contribution < 1.29 is 27.8 Å². The second-order valence-electron chi connectivity index (χ2n) is 8.27. The summed E-state index contributed by atoms with van der Waals surface area (Å²) < 4.78 is 45.6. The van der Waals surface area contributed by atoms with Crippen LogP contribution in [0.4, 0.5) is 8.78 Å². The maximum absolute atomic E-state index is 13.7. The van der Waals surface area contributed by atoms with Crippen molar-refractivity contribution in [2.24, 2.45) is 0 Å². The molecule has 1 saturated heterocycles. The standard InChI is InChI=1S/C25H30F2N6O4/c1-4-35-21-13-17(14-22(36-5-2)24(21)37-6-3)25(34)32-11-9-31(10-12-32)16-23-28-29-30-33(23)18-7-8-19(26)20(27)15-18/h7-8,13-15H,4-6,9-12,16H2,1-3H3. The first-order chi connectivity index (χ1) is 17.9. The number of halogens is 2. The van der Waals surface area contributed by atoms with Crippen molar-refractivity contribution in [3.63, 3.8) is 0 Å². The van der Waals surface area contributed by atoms with Gasteiger partial charge in [0.05, 0.1) is 32.1 Å². The number of tetrazole rings is 1. The van der Waals surface area contributed by atoms with E-state index in [0.717, 1.165) is 12.1 Å². The van der Waals surface area contributed by atoms with E-state index in [9.17, 15) is 13.6 Å². The number of carbonyl (C=O) groups is 1. The molecule has 198 valence electrons. The molecule has 0 saturated carbocycles. The minimum absolute atomic E-state index is 0.128. The van der Waals surface area contributed by atoms with Crippen LogP contribution >= 0.6 is 0 Å². The predicted molar refractivity (Wildman–Crippen MR) is 130 cm³/mol. The lowest BCUT2D eigenvalue weighted by molar-refractivity contribution is 0.0623. The Bertz CT molecular complexity index is 1200. The highest BCUT2D eigenvalue weighted by Gasteiger charge is 2.26. The van der Waals surface area contributed by atoms with Gasteiger partial charge in [0.1, 0.15) is 0 Å². The molecule has 1 aliphatic heterocycles. The maximum atomic E-state index is 13.7. The number of amides is 1. The molecule has 2 heterocycles. The van der Waals surface area contributed by atoms with Crippen LogP contribution in [0.15, 0.2) is 30.3 Å². The number of piperazine rings is 1. The summed E-state index contributed by atoms with van der Waals surface area (Å²) in [7, 11) is 0. The number of aromatic nitrogens is 4. The van der Waals surface area contributed by atoms with Crippen molar-refractivity contribution in [1.29, 1.82) is 0 Å². The van der Waals surface area contributed by atoms with Gasteiger partial charge in [-0.3, -0.25) is 9.69 Å². The van der Waals surface area contributed by atoms with Gasteiger partial charge in [0.15, 0.2) is 29.0 Å². The third kappa shape index (κ3) is 5.96. The summed E-state index contributed by atoms with van der Waals surface area (Å²) in [6.07, 6.45) is 0. The van der Waals surface area contributed by atoms with Crippen LogP contribution in [0, 0.1) is 11.6 Å². The van der Waals surface area contributed by atoms with Gasteiger partial charge >= 0.3 is 0 Å². The first kappa shape index (κ1) is 26.3. The largest absolute Gasteiger partial charge is 0.490 e. The SMILES string of the molecule is CCOc1cc(C(=O)N2CCN(Cc3nnnn3-c3ccc(F)c(F)c3)CC2)cc(OCC)c1OCC. The number of rotatable bonds is 10. The summed E-state index contributed by atoms with van der Waals surface area (Å²) in [5, 5.41) is 11.6. The highest BCUT2D eigenvalue weighted by molar-refractivity contribution is 5.95. The van der Waals surface area contributed by atoms with Crippen molar-refractivity contribution in [3.8, 4) is 22.9 Å². The molecule has 0 N–H and O–H groups in total. The number of nitrogens with zero attached hydrogens (tertiary/aromatic N) is 6. The number of benzene rings is 2. The van der Waals surface area contributed by atoms with Crippen molar-refractivity contribution >= 4 is 5.91 Å². The molecular formula is C25H30F2N6O4. The molecule has 10 nitrogen and oxygen atoms in total. The smallest absolute Gasteiger partial charge is 0.254 e. The van der Waals surface area contributed by atoms with Gasteiger partial charge in [0.2, 0.25) is 5.75 Å². The van der Waals surface area contributed by atoms with E-state index in [4.69, 9.17) is 14.2 Å². The summed E-state index contributed by atoms with van der Waals surface area (Å²) in [5.41, 5.74) is 0.796. The third-order valence-electron chi connectivity index (χ3n) is 5.86. The minimum atomic E-state index is -0.972. The molecule has 37 heavy (non-hydrogen) atoms. The van der Waals surface area contributed by atoms with Gasteiger partial charge in [-0.2, -0.15) is 4.68 Å². The van der Waals surface area contributed by atoms with Crippen LogP contribution in [-0.2, 0) is 6.54 Å². The third-order valence-corrected chi connectivity index (χ3v) is 5.86. The second kappa shape index (κ2) is 12.0. The fourth-order valence-corrected chi connectivity index (χ4v) is 4.13. The van der Waals surface area contributed by atoms with Crippen molar-refractivity contribution in [3.05, 3.63) is 53.4 Å². The summed E-state index contributed by atoms with van der Waals surface area (Å²) in [5.74, 6) is -0.112. The lowest BCUT2D eigenvalue weighted by atomic mass is 10.1. The molecule has 1 fully saturated rings. The van der Waals surface area contributed by atoms with E-state index in [1.165, 1.54) is 10.7 Å². The zero-order valence-electron chi connectivity index (χ0n) is 21.1. The number of hydrogen-bond donors (Lipinski definition) is 0. The Kier molecular flexibility index (Phi) is 8.49. The lowest BCUT2D eigenvalue weighted by Crippen LogP contribution is -2.48. The normalized spacial score (nSPS) is 14.0. The molecule has 0 unspecified atom stereocenters. The van der Waals surface area contributed by atoms with Crippen LogP contribution in [0.25, 0.3) is 5.69 Å². The molecule has 0 bridgehead atoms. The van der Waals surface area contributed by atoms with Crippen molar-refractivity contribution in [2.45, 2.75) is 27.3 Å². The van der Waals surface area contributed by atoms with Gasteiger partial charge in [-0.25, -0.2) is 8.78 Å². The van der Waals surface area contributed by atoms with Gasteiger partial charge in [-0.1, -0.05) is 0 Å². The van der Waals surface area contributed by atoms with Crippen LogP contribution in [0.2, 0.25) is 0 Å². The molecule has 0 aliphatic carbocycles. The van der Waals surface area contributed by atoms with E-state index in [1.807, 2.05) is 20.8 Å². The number of carbonyl (C=O) groups excluding carboxylic acids is 1. The summed E-state index contributed by atoms with van der Waals surface area (Å²) in [4.78, 5) is 17.2. The molecule has 12 heteroatoms. The molecule has 3 aromatic rings. The Hall–Kier alpha value is -3.80. The van der Waals surface area contributed by atoms with Crippen LogP contribution in [0.5, 0.6) is 17.2 Å². The maximum Gasteiger partial charge on any atom is 0.254 e. The van der Waals surface area contributed by atoms with Crippen LogP contribution in [0.1, 0.15) is 37.0 Å². The van der Waals surface area contributed by atoms with E-state index in [2.05, 4.69) is 20.4 Å². The molecule has 0 spiro atoms. The lowest BCUT2D eigenvalue weighted by Gasteiger charge is -2.34. The quantitative estimate of drug-likeness (QED) is 0.406. The van der Waals surface area contributed by atoms with Gasteiger partial charge in [-0.15, -0.1) is 5.10 Å². The fourth-order valence-electron chi connectivity index (χ4n) is 4.13. The Morgan fingerprint density at radius 2 is 1.54 bits per heavy atom. The predicted octanol–water partition coefficient (Wildman–Crippen LogP) is 3.09. The van der Waals surface area contributed by atoms with Gasteiger partial charge < -0.3 is 19.1 Å². The molecule has 2 aromatic carbocycles. The number of ether oxygens (including phenoxy) is 3. The minimum Gasteiger partial charge on any atom is -0.490 e. The highest BCUT2D eigenvalue weighted by Crippen LogP contribution is 2.39. The summed E-state index contributed by atoms with van der Waals surface area (Å²) in [6, 6.07) is 6.90. The Labute approximate surface area is 213 Å². The fraction of sp³-hybridized carbons (Fsp3) is 0.440. The van der Waals surface area contributed by atoms with E-state index in [-0.39, 0.29) is 5.91 Å². The van der Waals surface area contributed by atoms with Crippen molar-refractivity contribution in [2.75, 3.05) is 46.0 Å². The zero-order valence-corrected chi connectivity index (χ0v) is 21.1. The molecule has 0 atom stereocenters. The van der Waals surface area contributed by atoms with Crippen LogP contribution < -0.4 is 14.2 Å². The van der Waals surface area contributed by atoms with Gasteiger partial charge in [-0.05, 0) is 55.5 Å². The number of hydrogen-bond acceptors (Lipinski definition) is 8. The van der Waals surface area contributed by atoms with Gasteiger partial charge in [0, 0.05) is 37.8 Å². The highest BCUT2D eigenvalue weighted by atomic mass is 19.2. The summed E-state index contributed by atoms with van der Waals surface area (Å²) >= 11 is 0. The summed E-state index contributed by atoms with van der Waals surface area (Å²) in [6.45, 7) is 9.44. The first-order valence-electron chi connectivity index (χ1n) is 12.3. The Morgan fingerprint density at radius 1 is 0.892 bits per heavy atom. The average molecular weight is 517 g/mol. The monoisotopic (exact) mass is 516 g/mol. The van der Waals surface area contributed by atoms with Gasteiger partial charge in [0.25, 0.3) is 5.91 Å². The zero-order chi connectivity index (χ0) is 26.4. The Morgan fingerprint density at radius 3 is 2.14 bits per heavy atom. The topological polar surface area (TPSA) is 94.8 Å². The van der Waals surface area contributed by atoms with Crippen molar-refractivity contribution in [1.82, 2.24) is 30.0 Å². The van der Waals surface area contributed by atoms with E-state index >= 15 is 0 Å². The average Bonchev–Trinajstić information content (AvgIpc) is 3.36. The second-order valence-corrected chi connectivity index (χ2v) is 8.27. The molecule has 1 aliphatic rings. The molecule has 0 radical (unpaired) electrons. The van der Waals surface area contributed by atoms with Crippen LogP contribution in [-0.4, -0.2) is 81.9 Å². The first-order valence-corrected chi connectivity index (χ1v) is 12.3. The van der Waals surface area contributed by atoms with E-state index in [0.29, 0.717) is 86.9 Å². The van der Waals surface area contributed by atoms with E-state index in [1.54, 1.807) is 17.0 Å². The molecular weight excluding hydrogens is 486 g/mol. The van der Waals surface area contributed by atoms with Crippen LogP contribution in [0.3, 0.4) is 0 Å². The molecule has 4 rings (SSSR count). The Balaban J connectivity index is 1.44. The molecule has 1 amide bonds. The van der Waals surface area contributed by atoms with E-state index < -0.39 is 11.6 Å². The molecule has 1 aromatic heterocycles.